The quantitative estimate of drug-likeness (QED) is 0.402. The Balaban J connectivity index is 2.24. The van der Waals surface area contributed by atoms with Crippen molar-refractivity contribution >= 4 is 0 Å². The second-order valence-electron chi connectivity index (χ2n) is 2.04. The Labute approximate surface area is 41.9 Å². The van der Waals surface area contributed by atoms with Crippen LogP contribution in [-0.2, 0) is 0 Å². The predicted octanol–water partition coefficient (Wildman–Crippen LogP) is 1.15. The van der Waals surface area contributed by atoms with Crippen molar-refractivity contribution in [3.63, 3.8) is 0 Å². The number of hydrogen-bond acceptors (Lipinski definition) is 2. The van der Waals surface area contributed by atoms with Gasteiger partial charge in [0.1, 0.15) is 5.54 Å². The summed E-state index contributed by atoms with van der Waals surface area (Å²) in [7, 11) is 0. The van der Waals surface area contributed by atoms with Crippen LogP contribution in [-0.4, -0.2) is 12.1 Å². The minimum atomic E-state index is 0.153. The van der Waals surface area contributed by atoms with Gasteiger partial charge in [-0.1, -0.05) is 12.2 Å². The molecule has 0 radical (unpaired) electrons. The van der Waals surface area contributed by atoms with Crippen LogP contribution < -0.4 is 0 Å². The zero-order valence-electron chi connectivity index (χ0n) is 3.96. The highest BCUT2D eigenvalue weighted by Crippen LogP contribution is 2.35. The first-order chi connectivity index (χ1) is 3.41. The number of nitrogens with zero attached hydrogens (tertiary/aromatic N) is 2. The molecule has 0 N–H and O–H groups in total. The van der Waals surface area contributed by atoms with Crippen LogP contribution in [0.1, 0.15) is 6.42 Å². The Morgan fingerprint density at radius 1 is 1.43 bits per heavy atom. The Kier molecular flexibility index (Phi) is 0.375. The second kappa shape index (κ2) is 0.782. The molecule has 2 nitrogen and oxygen atoms in total. The van der Waals surface area contributed by atoms with Gasteiger partial charge in [0.25, 0.3) is 0 Å². The van der Waals surface area contributed by atoms with E-state index in [0.717, 1.165) is 13.0 Å². The maximum atomic E-state index is 3.99. The minimum absolute atomic E-state index is 0.153. The number of hydrogen-bond donors (Lipinski definition) is 0. The average molecular weight is 94.1 g/mol. The fourth-order valence-corrected chi connectivity index (χ4v) is 0.790. The van der Waals surface area contributed by atoms with E-state index in [1.165, 1.54) is 0 Å². The van der Waals surface area contributed by atoms with Crippen molar-refractivity contribution in [3.05, 3.63) is 12.2 Å². The summed E-state index contributed by atoms with van der Waals surface area (Å²) in [5, 5.41) is 7.85. The van der Waals surface area contributed by atoms with E-state index < -0.39 is 0 Å². The topological polar surface area (TPSA) is 24.7 Å². The van der Waals surface area contributed by atoms with E-state index in [-0.39, 0.29) is 5.54 Å². The third-order valence-corrected chi connectivity index (χ3v) is 1.42. The van der Waals surface area contributed by atoms with Crippen LogP contribution >= 0.6 is 0 Å². The normalized spacial score (nSPS) is 29.7. The summed E-state index contributed by atoms with van der Waals surface area (Å²) in [6.45, 7) is 0.924. The molecule has 1 spiro atoms. The van der Waals surface area contributed by atoms with Gasteiger partial charge in [-0.15, -0.1) is 0 Å². The molecule has 0 atom stereocenters. The van der Waals surface area contributed by atoms with Gasteiger partial charge in [0.2, 0.25) is 0 Å². The third-order valence-electron chi connectivity index (χ3n) is 1.42. The maximum Gasteiger partial charge on any atom is 0.120 e. The lowest BCUT2D eigenvalue weighted by molar-refractivity contribution is 0.756. The lowest BCUT2D eigenvalue weighted by Gasteiger charge is -1.93. The van der Waals surface area contributed by atoms with Crippen molar-refractivity contribution in [2.45, 2.75) is 12.0 Å². The Morgan fingerprint density at radius 2 is 2.29 bits per heavy atom. The van der Waals surface area contributed by atoms with Crippen molar-refractivity contribution in [1.82, 2.24) is 0 Å². The summed E-state index contributed by atoms with van der Waals surface area (Å²) >= 11 is 0. The first-order valence-electron chi connectivity index (χ1n) is 2.50. The highest BCUT2D eigenvalue weighted by atomic mass is 15.2. The molecule has 0 saturated heterocycles. The molecule has 2 heteroatoms. The van der Waals surface area contributed by atoms with Crippen molar-refractivity contribution in [2.24, 2.45) is 10.2 Å². The van der Waals surface area contributed by atoms with Crippen molar-refractivity contribution < 1.29 is 0 Å². The highest BCUT2D eigenvalue weighted by Gasteiger charge is 2.36. The van der Waals surface area contributed by atoms with Gasteiger partial charge >= 0.3 is 0 Å². The van der Waals surface area contributed by atoms with E-state index in [1.807, 2.05) is 0 Å². The molecule has 0 fully saturated rings. The van der Waals surface area contributed by atoms with Gasteiger partial charge in [-0.05, 0) is 0 Å². The predicted molar refractivity (Wildman–Crippen MR) is 26.2 cm³/mol. The zero-order chi connectivity index (χ0) is 4.74. The van der Waals surface area contributed by atoms with E-state index in [1.54, 1.807) is 0 Å². The molecule has 0 aromatic heterocycles. The molecule has 7 heavy (non-hydrogen) atoms. The molecule has 0 amide bonds. The second-order valence-corrected chi connectivity index (χ2v) is 2.04. The van der Waals surface area contributed by atoms with Gasteiger partial charge in [-0.2, -0.15) is 10.2 Å². The number of azo groups is 1. The van der Waals surface area contributed by atoms with Gasteiger partial charge in [0.15, 0.2) is 0 Å². The lowest BCUT2D eigenvalue weighted by atomic mass is 10.2. The van der Waals surface area contributed by atoms with Crippen molar-refractivity contribution in [1.29, 1.82) is 0 Å². The zero-order valence-corrected chi connectivity index (χ0v) is 3.96. The van der Waals surface area contributed by atoms with Crippen LogP contribution in [0.25, 0.3) is 0 Å². The molecule has 0 bridgehead atoms. The van der Waals surface area contributed by atoms with Crippen LogP contribution in [0, 0.1) is 0 Å². The standard InChI is InChI=1S/C5H6N2/c1-2-5(1)3-4-6-7-5/h1-2H,3-4H2. The smallest absolute Gasteiger partial charge is 0.120 e. The van der Waals surface area contributed by atoms with Gasteiger partial charge in [-0.3, -0.25) is 0 Å². The van der Waals surface area contributed by atoms with E-state index in [4.69, 9.17) is 0 Å². The summed E-state index contributed by atoms with van der Waals surface area (Å²) in [4.78, 5) is 0. The first kappa shape index (κ1) is 3.36. The summed E-state index contributed by atoms with van der Waals surface area (Å²) in [6, 6.07) is 0. The fourth-order valence-electron chi connectivity index (χ4n) is 0.790. The summed E-state index contributed by atoms with van der Waals surface area (Å²) in [5.41, 5.74) is 0.153. The first-order valence-corrected chi connectivity index (χ1v) is 2.50. The SMILES string of the molecule is C1=CC12CCN=N2. The fraction of sp³-hybridized carbons (Fsp3) is 0.600. The molecule has 2 aliphatic rings. The van der Waals surface area contributed by atoms with Gasteiger partial charge in [0.05, 0.1) is 6.54 Å². The van der Waals surface area contributed by atoms with Crippen molar-refractivity contribution in [3.8, 4) is 0 Å². The third kappa shape index (κ3) is 0.335. The highest BCUT2D eigenvalue weighted by molar-refractivity contribution is 5.34. The van der Waals surface area contributed by atoms with E-state index in [9.17, 15) is 0 Å². The number of rotatable bonds is 0. The molecule has 0 unspecified atom stereocenters. The summed E-state index contributed by atoms with van der Waals surface area (Å²) in [5.74, 6) is 0. The average Bonchev–Trinajstić information content (AvgIpc) is 2.15. The lowest BCUT2D eigenvalue weighted by Crippen LogP contribution is -2.00. The molecule has 0 saturated carbocycles. The minimum Gasteiger partial charge on any atom is -0.193 e. The molecular weight excluding hydrogens is 88.1 g/mol. The van der Waals surface area contributed by atoms with Crippen LogP contribution in [0.4, 0.5) is 0 Å². The Hall–Kier alpha value is -0.660. The summed E-state index contributed by atoms with van der Waals surface area (Å²) in [6.07, 6.45) is 5.32. The van der Waals surface area contributed by atoms with Gasteiger partial charge in [0, 0.05) is 6.42 Å². The van der Waals surface area contributed by atoms with Crippen molar-refractivity contribution in [2.75, 3.05) is 6.54 Å². The van der Waals surface area contributed by atoms with Crippen LogP contribution in [0.3, 0.4) is 0 Å². The molecule has 36 valence electrons. The molecule has 0 aromatic rings. The van der Waals surface area contributed by atoms with E-state index >= 15 is 0 Å². The molecule has 0 aromatic carbocycles. The Morgan fingerprint density at radius 3 is 2.57 bits per heavy atom. The van der Waals surface area contributed by atoms with Crippen LogP contribution in [0.15, 0.2) is 22.4 Å². The monoisotopic (exact) mass is 94.1 g/mol. The van der Waals surface area contributed by atoms with E-state index in [2.05, 4.69) is 22.4 Å². The van der Waals surface area contributed by atoms with E-state index in [0.29, 0.717) is 0 Å². The summed E-state index contributed by atoms with van der Waals surface area (Å²) < 4.78 is 0. The molecular formula is C5H6N2. The van der Waals surface area contributed by atoms with Gasteiger partial charge < -0.3 is 0 Å². The molecule has 1 aliphatic carbocycles. The Bertz CT molecular complexity index is 140. The van der Waals surface area contributed by atoms with Crippen LogP contribution in [0.5, 0.6) is 0 Å². The molecule has 2 rings (SSSR count). The largest absolute Gasteiger partial charge is 0.193 e. The van der Waals surface area contributed by atoms with Crippen LogP contribution in [0.2, 0.25) is 0 Å². The molecule has 1 aliphatic heterocycles. The maximum absolute atomic E-state index is 3.99. The molecule has 1 heterocycles. The van der Waals surface area contributed by atoms with Gasteiger partial charge in [-0.25, -0.2) is 0 Å².